The predicted molar refractivity (Wildman–Crippen MR) is 40.8 cm³/mol. The van der Waals surface area contributed by atoms with Crippen LogP contribution in [0.15, 0.2) is 0 Å². The molecule has 1 aliphatic rings. The SMILES string of the molecule is CC1(Br)OC(=O)CC1Br. The van der Waals surface area contributed by atoms with Gasteiger partial charge in [0, 0.05) is 0 Å². The van der Waals surface area contributed by atoms with E-state index < -0.39 is 4.51 Å². The molecule has 0 N–H and O–H groups in total. The standard InChI is InChI=1S/C5H6Br2O2/c1-5(7)3(6)2-4(8)9-5/h3H,2H2,1H3. The molecule has 0 saturated carbocycles. The van der Waals surface area contributed by atoms with Gasteiger partial charge in [0.1, 0.15) is 0 Å². The predicted octanol–water partition coefficient (Wildman–Crippen LogP) is 1.81. The molecule has 0 aromatic heterocycles. The van der Waals surface area contributed by atoms with Gasteiger partial charge in [-0.15, -0.1) is 0 Å². The Hall–Kier alpha value is 0.430. The number of hydrogen-bond acceptors (Lipinski definition) is 2. The molecule has 0 aromatic rings. The summed E-state index contributed by atoms with van der Waals surface area (Å²) in [4.78, 5) is 10.7. The van der Waals surface area contributed by atoms with E-state index in [1.807, 2.05) is 6.92 Å². The maximum atomic E-state index is 10.6. The normalized spacial score (nSPS) is 43.0. The van der Waals surface area contributed by atoms with Gasteiger partial charge in [-0.05, 0) is 22.9 Å². The van der Waals surface area contributed by atoms with Crippen LogP contribution in [-0.2, 0) is 9.53 Å². The van der Waals surface area contributed by atoms with E-state index in [-0.39, 0.29) is 10.8 Å². The highest BCUT2D eigenvalue weighted by atomic mass is 79.9. The summed E-state index contributed by atoms with van der Waals surface area (Å²) in [5.41, 5.74) is 0. The second kappa shape index (κ2) is 2.23. The number of cyclic esters (lactones) is 1. The largest absolute Gasteiger partial charge is 0.446 e. The number of alkyl halides is 2. The Kier molecular flexibility index (Phi) is 1.87. The lowest BCUT2D eigenvalue weighted by atomic mass is 10.3. The minimum absolute atomic E-state index is 0.0949. The third-order valence-electron chi connectivity index (χ3n) is 1.22. The van der Waals surface area contributed by atoms with Crippen LogP contribution in [-0.4, -0.2) is 15.3 Å². The molecule has 1 aliphatic heterocycles. The smallest absolute Gasteiger partial charge is 0.308 e. The maximum Gasteiger partial charge on any atom is 0.308 e. The summed E-state index contributed by atoms with van der Waals surface area (Å²) in [5.74, 6) is -0.156. The number of esters is 1. The van der Waals surface area contributed by atoms with E-state index in [4.69, 9.17) is 4.74 Å². The van der Waals surface area contributed by atoms with Crippen molar-refractivity contribution in [1.82, 2.24) is 0 Å². The van der Waals surface area contributed by atoms with E-state index in [0.717, 1.165) is 0 Å². The minimum Gasteiger partial charge on any atom is -0.446 e. The Balaban J connectivity index is 2.69. The van der Waals surface area contributed by atoms with Crippen molar-refractivity contribution in [2.24, 2.45) is 0 Å². The van der Waals surface area contributed by atoms with E-state index in [9.17, 15) is 4.79 Å². The molecule has 1 heterocycles. The fourth-order valence-electron chi connectivity index (χ4n) is 0.657. The number of carbonyl (C=O) groups excluding carboxylic acids is 1. The average Bonchev–Trinajstić information content (AvgIpc) is 1.79. The third kappa shape index (κ3) is 1.46. The molecule has 0 spiro atoms. The zero-order valence-corrected chi connectivity index (χ0v) is 8.03. The number of ether oxygens (including phenoxy) is 1. The summed E-state index contributed by atoms with van der Waals surface area (Å²) in [7, 11) is 0. The number of halogens is 2. The molecule has 52 valence electrons. The number of hydrogen-bond donors (Lipinski definition) is 0. The summed E-state index contributed by atoms with van der Waals surface area (Å²) in [6.07, 6.45) is 0.446. The molecule has 0 bridgehead atoms. The van der Waals surface area contributed by atoms with Crippen molar-refractivity contribution < 1.29 is 9.53 Å². The first-order valence-corrected chi connectivity index (χ1v) is 4.28. The van der Waals surface area contributed by atoms with Crippen LogP contribution in [0.4, 0.5) is 0 Å². The number of carbonyl (C=O) groups is 1. The van der Waals surface area contributed by atoms with Crippen molar-refractivity contribution in [1.29, 1.82) is 0 Å². The van der Waals surface area contributed by atoms with Crippen LogP contribution in [0.25, 0.3) is 0 Å². The first-order valence-electron chi connectivity index (χ1n) is 2.57. The lowest BCUT2D eigenvalue weighted by Crippen LogP contribution is -2.23. The second-order valence-corrected chi connectivity index (χ2v) is 4.81. The Labute approximate surface area is 70.2 Å². The molecule has 2 nitrogen and oxygen atoms in total. The van der Waals surface area contributed by atoms with Gasteiger partial charge in [-0.3, -0.25) is 4.79 Å². The van der Waals surface area contributed by atoms with E-state index in [0.29, 0.717) is 6.42 Å². The third-order valence-corrected chi connectivity index (χ3v) is 3.75. The quantitative estimate of drug-likeness (QED) is 0.489. The molecule has 4 heteroatoms. The van der Waals surface area contributed by atoms with E-state index in [2.05, 4.69) is 31.9 Å². The molecule has 1 rings (SSSR count). The van der Waals surface area contributed by atoms with Crippen LogP contribution in [0.5, 0.6) is 0 Å². The van der Waals surface area contributed by atoms with Gasteiger partial charge in [0.2, 0.25) is 0 Å². The number of rotatable bonds is 0. The topological polar surface area (TPSA) is 26.3 Å². The molecule has 1 saturated heterocycles. The van der Waals surface area contributed by atoms with E-state index >= 15 is 0 Å². The van der Waals surface area contributed by atoms with Gasteiger partial charge in [0.15, 0.2) is 4.51 Å². The molecule has 1 fully saturated rings. The summed E-state index contributed by atoms with van der Waals surface area (Å²) in [6.45, 7) is 1.82. The summed E-state index contributed by atoms with van der Waals surface area (Å²) in [5, 5.41) is 0. The van der Waals surface area contributed by atoms with Crippen molar-refractivity contribution in [3.63, 3.8) is 0 Å². The highest BCUT2D eigenvalue weighted by Gasteiger charge is 2.41. The molecule has 2 unspecified atom stereocenters. The molecule has 0 radical (unpaired) electrons. The Morgan fingerprint density at radius 3 is 2.56 bits per heavy atom. The van der Waals surface area contributed by atoms with Crippen LogP contribution in [0.2, 0.25) is 0 Å². The zero-order valence-electron chi connectivity index (χ0n) is 4.86. The molecular weight excluding hydrogens is 252 g/mol. The summed E-state index contributed by atoms with van der Waals surface area (Å²) in [6, 6.07) is 0. The molecule has 0 aromatic carbocycles. The van der Waals surface area contributed by atoms with Crippen molar-refractivity contribution in [3.05, 3.63) is 0 Å². The van der Waals surface area contributed by atoms with Gasteiger partial charge in [-0.2, -0.15) is 0 Å². The van der Waals surface area contributed by atoms with Gasteiger partial charge in [-0.25, -0.2) is 0 Å². The molecule has 0 aliphatic carbocycles. The van der Waals surface area contributed by atoms with Crippen LogP contribution in [0.1, 0.15) is 13.3 Å². The van der Waals surface area contributed by atoms with Gasteiger partial charge < -0.3 is 4.74 Å². The van der Waals surface area contributed by atoms with Crippen LogP contribution in [0.3, 0.4) is 0 Å². The van der Waals surface area contributed by atoms with Gasteiger partial charge in [-0.1, -0.05) is 15.9 Å². The maximum absolute atomic E-state index is 10.6. The van der Waals surface area contributed by atoms with Gasteiger partial charge in [0.05, 0.1) is 11.2 Å². The summed E-state index contributed by atoms with van der Waals surface area (Å²) < 4.78 is 4.40. The molecule has 2 atom stereocenters. The monoisotopic (exact) mass is 256 g/mol. The van der Waals surface area contributed by atoms with Crippen molar-refractivity contribution in [3.8, 4) is 0 Å². The van der Waals surface area contributed by atoms with Gasteiger partial charge in [0.25, 0.3) is 0 Å². The molecular formula is C5H6Br2O2. The van der Waals surface area contributed by atoms with E-state index in [1.54, 1.807) is 0 Å². The minimum atomic E-state index is -0.496. The average molecular weight is 258 g/mol. The molecule has 9 heavy (non-hydrogen) atoms. The van der Waals surface area contributed by atoms with Crippen molar-refractivity contribution in [2.75, 3.05) is 0 Å². The van der Waals surface area contributed by atoms with Crippen LogP contribution < -0.4 is 0 Å². The second-order valence-electron chi connectivity index (χ2n) is 2.13. The van der Waals surface area contributed by atoms with Crippen molar-refractivity contribution in [2.45, 2.75) is 22.7 Å². The summed E-state index contributed by atoms with van der Waals surface area (Å²) >= 11 is 6.57. The Bertz CT molecular complexity index is 144. The fraction of sp³-hybridized carbons (Fsp3) is 0.800. The Morgan fingerprint density at radius 1 is 1.89 bits per heavy atom. The first kappa shape index (κ1) is 7.54. The van der Waals surface area contributed by atoms with Crippen molar-refractivity contribution >= 4 is 37.8 Å². The van der Waals surface area contributed by atoms with Crippen LogP contribution >= 0.6 is 31.9 Å². The zero-order chi connectivity index (χ0) is 7.07. The highest BCUT2D eigenvalue weighted by molar-refractivity contribution is 9.12. The van der Waals surface area contributed by atoms with Gasteiger partial charge >= 0.3 is 5.97 Å². The molecule has 0 amide bonds. The fourth-order valence-corrected chi connectivity index (χ4v) is 1.36. The Morgan fingerprint density at radius 2 is 2.44 bits per heavy atom. The van der Waals surface area contributed by atoms with E-state index in [1.165, 1.54) is 0 Å². The highest BCUT2D eigenvalue weighted by Crippen LogP contribution is 2.37. The lowest BCUT2D eigenvalue weighted by Gasteiger charge is -2.16. The van der Waals surface area contributed by atoms with Crippen LogP contribution in [0, 0.1) is 0 Å². The first-order chi connectivity index (χ1) is 4.02. The lowest BCUT2D eigenvalue weighted by molar-refractivity contribution is -0.141.